The maximum Gasteiger partial charge on any atom is 0.320 e. The minimum absolute atomic E-state index is 0.0672. The van der Waals surface area contributed by atoms with Crippen molar-refractivity contribution in [1.82, 2.24) is 0 Å². The molecule has 0 amide bonds. The Kier molecular flexibility index (Phi) is 4.93. The van der Waals surface area contributed by atoms with Crippen LogP contribution in [-0.4, -0.2) is 26.2 Å². The van der Waals surface area contributed by atoms with Gasteiger partial charge in [-0.1, -0.05) is 19.1 Å². The Hall–Kier alpha value is -1.32. The van der Waals surface area contributed by atoms with Gasteiger partial charge in [-0.3, -0.25) is 9.59 Å². The Morgan fingerprint density at radius 2 is 1.67 bits per heavy atom. The molecule has 1 rings (SSSR count). The van der Waals surface area contributed by atoms with E-state index in [0.717, 1.165) is 18.4 Å². The van der Waals surface area contributed by atoms with Crippen LogP contribution >= 0.6 is 0 Å². The molecule has 0 saturated heterocycles. The summed E-state index contributed by atoms with van der Waals surface area (Å²) in [5.41, 5.74) is 1.02. The molecule has 0 aromatic rings. The zero-order chi connectivity index (χ0) is 13.9. The summed E-state index contributed by atoms with van der Waals surface area (Å²) in [6.07, 6.45) is 1.96. The van der Waals surface area contributed by atoms with Gasteiger partial charge >= 0.3 is 11.9 Å². The van der Waals surface area contributed by atoms with Gasteiger partial charge in [0.2, 0.25) is 0 Å². The molecule has 1 aliphatic carbocycles. The smallest absolute Gasteiger partial charge is 0.320 e. The van der Waals surface area contributed by atoms with E-state index in [1.54, 1.807) is 0 Å². The lowest BCUT2D eigenvalue weighted by Crippen LogP contribution is -2.37. The van der Waals surface area contributed by atoms with Gasteiger partial charge in [-0.25, -0.2) is 0 Å². The van der Waals surface area contributed by atoms with Crippen molar-refractivity contribution >= 4 is 11.9 Å². The molecule has 3 atom stereocenters. The second kappa shape index (κ2) is 6.03. The normalized spacial score (nSPS) is 27.1. The monoisotopic (exact) mass is 254 g/mol. The molecule has 18 heavy (non-hydrogen) atoms. The van der Waals surface area contributed by atoms with Crippen molar-refractivity contribution in [2.75, 3.05) is 14.2 Å². The number of carbonyl (C=O) groups is 2. The Labute approximate surface area is 108 Å². The number of rotatable bonds is 4. The summed E-state index contributed by atoms with van der Waals surface area (Å²) in [4.78, 5) is 23.7. The van der Waals surface area contributed by atoms with E-state index in [9.17, 15) is 9.59 Å². The third kappa shape index (κ3) is 2.74. The molecule has 102 valence electrons. The van der Waals surface area contributed by atoms with Gasteiger partial charge in [0.15, 0.2) is 5.92 Å². The van der Waals surface area contributed by atoms with E-state index in [-0.39, 0.29) is 17.8 Å². The van der Waals surface area contributed by atoms with Crippen molar-refractivity contribution in [3.8, 4) is 0 Å². The molecule has 4 heteroatoms. The summed E-state index contributed by atoms with van der Waals surface area (Å²) in [6.45, 7) is 7.98. The molecule has 0 aromatic heterocycles. The quantitative estimate of drug-likeness (QED) is 0.438. The number of allylic oxidation sites excluding steroid dienone is 1. The van der Waals surface area contributed by atoms with Crippen LogP contribution in [0.15, 0.2) is 12.2 Å². The van der Waals surface area contributed by atoms with Gasteiger partial charge in [-0.05, 0) is 37.5 Å². The van der Waals surface area contributed by atoms with Crippen LogP contribution in [-0.2, 0) is 19.1 Å². The third-order valence-corrected chi connectivity index (χ3v) is 3.98. The highest BCUT2D eigenvalue weighted by molar-refractivity contribution is 5.95. The van der Waals surface area contributed by atoms with Gasteiger partial charge in [-0.2, -0.15) is 0 Å². The van der Waals surface area contributed by atoms with Crippen molar-refractivity contribution < 1.29 is 19.1 Å². The largest absolute Gasteiger partial charge is 0.468 e. The second-order valence-corrected chi connectivity index (χ2v) is 5.11. The number of methoxy groups -OCH3 is 2. The molecule has 0 radical (unpaired) electrons. The van der Waals surface area contributed by atoms with Gasteiger partial charge < -0.3 is 9.47 Å². The predicted molar refractivity (Wildman–Crippen MR) is 67.7 cm³/mol. The van der Waals surface area contributed by atoms with Gasteiger partial charge in [-0.15, -0.1) is 0 Å². The first-order chi connectivity index (χ1) is 8.43. The Balaban J connectivity index is 3.05. The maximum atomic E-state index is 11.9. The molecule has 0 spiro atoms. The van der Waals surface area contributed by atoms with Crippen molar-refractivity contribution in [2.24, 2.45) is 23.7 Å². The summed E-state index contributed by atoms with van der Waals surface area (Å²) < 4.78 is 9.51. The first-order valence-electron chi connectivity index (χ1n) is 6.25. The number of carbonyl (C=O) groups excluding carboxylic acids is 2. The van der Waals surface area contributed by atoms with Crippen LogP contribution < -0.4 is 0 Å². The fourth-order valence-corrected chi connectivity index (χ4v) is 3.02. The van der Waals surface area contributed by atoms with E-state index < -0.39 is 17.9 Å². The number of esters is 2. The summed E-state index contributed by atoms with van der Waals surface area (Å²) in [6, 6.07) is 0. The molecule has 4 nitrogen and oxygen atoms in total. The highest BCUT2D eigenvalue weighted by Gasteiger charge is 2.46. The minimum Gasteiger partial charge on any atom is -0.468 e. The molecule has 0 bridgehead atoms. The number of ether oxygens (including phenoxy) is 2. The van der Waals surface area contributed by atoms with Crippen molar-refractivity contribution in [1.29, 1.82) is 0 Å². The van der Waals surface area contributed by atoms with Gasteiger partial charge in [0.05, 0.1) is 14.2 Å². The molecule has 1 saturated carbocycles. The Bertz CT molecular complexity index is 332. The molecule has 0 unspecified atom stereocenters. The van der Waals surface area contributed by atoms with Gasteiger partial charge in [0.1, 0.15) is 0 Å². The van der Waals surface area contributed by atoms with E-state index in [2.05, 4.69) is 13.5 Å². The zero-order valence-corrected chi connectivity index (χ0v) is 11.6. The molecular weight excluding hydrogens is 232 g/mol. The number of hydrogen-bond donors (Lipinski definition) is 0. The van der Waals surface area contributed by atoms with E-state index in [0.29, 0.717) is 0 Å². The summed E-state index contributed by atoms with van der Waals surface area (Å²) >= 11 is 0. The highest BCUT2D eigenvalue weighted by Crippen LogP contribution is 2.45. The van der Waals surface area contributed by atoms with E-state index >= 15 is 0 Å². The van der Waals surface area contributed by atoms with Crippen LogP contribution in [0.2, 0.25) is 0 Å². The van der Waals surface area contributed by atoms with E-state index in [1.165, 1.54) is 14.2 Å². The topological polar surface area (TPSA) is 52.6 Å². The summed E-state index contributed by atoms with van der Waals surface area (Å²) in [5.74, 6) is -1.45. The highest BCUT2D eigenvalue weighted by atomic mass is 16.5. The first-order valence-corrected chi connectivity index (χ1v) is 6.25. The lowest BCUT2D eigenvalue weighted by atomic mass is 9.77. The molecule has 0 heterocycles. The fourth-order valence-electron chi connectivity index (χ4n) is 3.02. The SMILES string of the molecule is C=C(C)[C@H]1CC[C@@H](C)[C@@H]1C(C(=O)OC)C(=O)OC. The van der Waals surface area contributed by atoms with E-state index in [1.807, 2.05) is 6.92 Å². The standard InChI is InChI=1S/C14H22O4/c1-8(2)10-7-6-9(3)11(10)12(13(15)17-4)14(16)18-5/h9-12H,1,6-7H2,2-5H3/t9-,10-,11+/m1/s1. The Morgan fingerprint density at radius 3 is 2.06 bits per heavy atom. The molecule has 0 aliphatic heterocycles. The van der Waals surface area contributed by atoms with Crippen LogP contribution in [0.25, 0.3) is 0 Å². The number of hydrogen-bond acceptors (Lipinski definition) is 4. The first kappa shape index (κ1) is 14.7. The van der Waals surface area contributed by atoms with Crippen molar-refractivity contribution in [3.63, 3.8) is 0 Å². The molecule has 1 fully saturated rings. The van der Waals surface area contributed by atoms with E-state index in [4.69, 9.17) is 9.47 Å². The minimum atomic E-state index is -0.834. The van der Waals surface area contributed by atoms with Crippen LogP contribution in [0.1, 0.15) is 26.7 Å². The average molecular weight is 254 g/mol. The molecule has 0 N–H and O–H groups in total. The van der Waals surface area contributed by atoms with Crippen LogP contribution in [0.3, 0.4) is 0 Å². The average Bonchev–Trinajstić information content (AvgIpc) is 2.71. The van der Waals surface area contributed by atoms with Gasteiger partial charge in [0.25, 0.3) is 0 Å². The summed E-state index contributed by atoms with van der Waals surface area (Å²) in [5, 5.41) is 0. The summed E-state index contributed by atoms with van der Waals surface area (Å²) in [7, 11) is 2.60. The lowest BCUT2D eigenvalue weighted by molar-refractivity contribution is -0.162. The van der Waals surface area contributed by atoms with Crippen molar-refractivity contribution in [3.05, 3.63) is 12.2 Å². The molecule has 1 aliphatic rings. The third-order valence-electron chi connectivity index (χ3n) is 3.98. The van der Waals surface area contributed by atoms with Crippen LogP contribution in [0.4, 0.5) is 0 Å². The molecular formula is C14H22O4. The fraction of sp³-hybridized carbons (Fsp3) is 0.714. The van der Waals surface area contributed by atoms with Gasteiger partial charge in [0, 0.05) is 0 Å². The Morgan fingerprint density at radius 1 is 1.17 bits per heavy atom. The van der Waals surface area contributed by atoms with Crippen LogP contribution in [0.5, 0.6) is 0 Å². The van der Waals surface area contributed by atoms with Crippen LogP contribution in [0, 0.1) is 23.7 Å². The lowest BCUT2D eigenvalue weighted by Gasteiger charge is -2.28. The predicted octanol–water partition coefficient (Wildman–Crippen LogP) is 2.19. The molecule has 0 aromatic carbocycles. The second-order valence-electron chi connectivity index (χ2n) is 5.11. The maximum absolute atomic E-state index is 11.9. The van der Waals surface area contributed by atoms with Crippen molar-refractivity contribution in [2.45, 2.75) is 26.7 Å². The zero-order valence-electron chi connectivity index (χ0n) is 11.6.